The van der Waals surface area contributed by atoms with Gasteiger partial charge in [0.15, 0.2) is 0 Å². The summed E-state index contributed by atoms with van der Waals surface area (Å²) in [6.07, 6.45) is 1.37. The minimum Gasteiger partial charge on any atom is -0.386 e. The highest BCUT2D eigenvalue weighted by Gasteiger charge is 2.42. The van der Waals surface area contributed by atoms with E-state index in [9.17, 15) is 5.11 Å². The van der Waals surface area contributed by atoms with Crippen molar-refractivity contribution in [3.8, 4) is 5.69 Å². The van der Waals surface area contributed by atoms with Crippen LogP contribution < -0.4 is 0 Å². The van der Waals surface area contributed by atoms with Crippen LogP contribution in [0.5, 0.6) is 0 Å². The molecule has 0 aliphatic carbocycles. The van der Waals surface area contributed by atoms with Crippen LogP contribution in [0.15, 0.2) is 42.6 Å². The molecule has 4 nitrogen and oxygen atoms in total. The number of aliphatic hydroxyl groups excluding tert-OH is 1. The van der Waals surface area contributed by atoms with Gasteiger partial charge in [0, 0.05) is 12.1 Å². The molecule has 0 radical (unpaired) electrons. The zero-order chi connectivity index (χ0) is 15.0. The number of benzene rings is 1. The Hall–Kier alpha value is -1.65. The second-order valence-corrected chi connectivity index (χ2v) is 5.93. The third-order valence-electron chi connectivity index (χ3n) is 4.66. The third kappa shape index (κ3) is 2.49. The van der Waals surface area contributed by atoms with Gasteiger partial charge >= 0.3 is 0 Å². The predicted molar refractivity (Wildman–Crippen MR) is 81.2 cm³/mol. The van der Waals surface area contributed by atoms with E-state index in [-0.39, 0.29) is 18.1 Å². The molecule has 21 heavy (non-hydrogen) atoms. The lowest BCUT2D eigenvalue weighted by Crippen LogP contribution is -2.26. The van der Waals surface area contributed by atoms with Gasteiger partial charge in [-0.05, 0) is 38.0 Å². The molecule has 1 aliphatic heterocycles. The lowest BCUT2D eigenvalue weighted by molar-refractivity contribution is 0.0210. The summed E-state index contributed by atoms with van der Waals surface area (Å²) >= 11 is 0. The lowest BCUT2D eigenvalue weighted by Gasteiger charge is -2.25. The van der Waals surface area contributed by atoms with E-state index in [1.165, 1.54) is 0 Å². The summed E-state index contributed by atoms with van der Waals surface area (Å²) in [7, 11) is 0. The van der Waals surface area contributed by atoms with Crippen molar-refractivity contribution in [1.29, 1.82) is 0 Å². The molecule has 1 aromatic carbocycles. The molecule has 1 aromatic heterocycles. The fourth-order valence-corrected chi connectivity index (χ4v) is 3.36. The zero-order valence-electron chi connectivity index (χ0n) is 12.7. The molecule has 1 aliphatic rings. The molecular weight excluding hydrogens is 264 g/mol. The standard InChI is InChI=1S/C17H22N2O2/c1-11-12(2)21-13(3)16(11)17(20)15-9-10-18-19(15)14-7-5-4-6-8-14/h4-13,16-17,20H,1-3H3. The Bertz CT molecular complexity index is 596. The topological polar surface area (TPSA) is 47.3 Å². The van der Waals surface area contributed by atoms with Crippen LogP contribution in [0.4, 0.5) is 0 Å². The van der Waals surface area contributed by atoms with Crippen molar-refractivity contribution >= 4 is 0 Å². The summed E-state index contributed by atoms with van der Waals surface area (Å²) < 4.78 is 7.67. The van der Waals surface area contributed by atoms with Crippen LogP contribution in [0, 0.1) is 11.8 Å². The zero-order valence-corrected chi connectivity index (χ0v) is 12.7. The van der Waals surface area contributed by atoms with E-state index in [2.05, 4.69) is 18.9 Å². The summed E-state index contributed by atoms with van der Waals surface area (Å²) in [5, 5.41) is 15.2. The summed E-state index contributed by atoms with van der Waals surface area (Å²) in [4.78, 5) is 0. The number of hydrogen-bond donors (Lipinski definition) is 1. The molecule has 2 heterocycles. The number of para-hydroxylation sites is 1. The summed E-state index contributed by atoms with van der Waals surface area (Å²) in [5.41, 5.74) is 1.78. The molecule has 1 saturated heterocycles. The Morgan fingerprint density at radius 1 is 1.10 bits per heavy atom. The van der Waals surface area contributed by atoms with Crippen LogP contribution in [-0.2, 0) is 4.74 Å². The molecule has 0 bridgehead atoms. The Labute approximate surface area is 125 Å². The van der Waals surface area contributed by atoms with Gasteiger partial charge in [-0.1, -0.05) is 25.1 Å². The van der Waals surface area contributed by atoms with Crippen molar-refractivity contribution in [3.05, 3.63) is 48.3 Å². The molecule has 112 valence electrons. The highest BCUT2D eigenvalue weighted by molar-refractivity contribution is 5.33. The highest BCUT2D eigenvalue weighted by atomic mass is 16.5. The van der Waals surface area contributed by atoms with E-state index in [4.69, 9.17) is 4.74 Å². The van der Waals surface area contributed by atoms with Crippen LogP contribution in [0.25, 0.3) is 5.69 Å². The summed E-state index contributed by atoms with van der Waals surface area (Å²) in [6.45, 7) is 6.25. The Balaban J connectivity index is 1.93. The van der Waals surface area contributed by atoms with E-state index >= 15 is 0 Å². The number of rotatable bonds is 3. The predicted octanol–water partition coefficient (Wildman–Crippen LogP) is 2.97. The first-order valence-corrected chi connectivity index (χ1v) is 7.52. The Morgan fingerprint density at radius 3 is 2.43 bits per heavy atom. The smallest absolute Gasteiger partial charge is 0.102 e. The van der Waals surface area contributed by atoms with E-state index in [1.54, 1.807) is 6.20 Å². The molecular formula is C17H22N2O2. The SMILES string of the molecule is CC1OC(C)C(C(O)c2ccnn2-c2ccccc2)C1C. The van der Waals surface area contributed by atoms with Crippen LogP contribution in [0.3, 0.4) is 0 Å². The van der Waals surface area contributed by atoms with Gasteiger partial charge in [-0.15, -0.1) is 0 Å². The first-order chi connectivity index (χ1) is 10.1. The molecule has 1 N–H and O–H groups in total. The molecule has 2 aromatic rings. The Morgan fingerprint density at radius 2 is 1.81 bits per heavy atom. The van der Waals surface area contributed by atoms with Crippen molar-refractivity contribution in [1.82, 2.24) is 9.78 Å². The summed E-state index contributed by atoms with van der Waals surface area (Å²) in [5.74, 6) is 0.397. The second kappa shape index (κ2) is 5.62. The molecule has 1 fully saturated rings. The van der Waals surface area contributed by atoms with Gasteiger partial charge in [-0.2, -0.15) is 5.10 Å². The van der Waals surface area contributed by atoms with Crippen molar-refractivity contribution in [2.75, 3.05) is 0 Å². The fraction of sp³-hybridized carbons (Fsp3) is 0.471. The number of ether oxygens (including phenoxy) is 1. The van der Waals surface area contributed by atoms with Gasteiger partial charge in [0.1, 0.15) is 6.10 Å². The molecule has 0 amide bonds. The van der Waals surface area contributed by atoms with Gasteiger partial charge in [0.05, 0.1) is 23.6 Å². The normalized spacial score (nSPS) is 30.5. The van der Waals surface area contributed by atoms with Gasteiger partial charge in [-0.25, -0.2) is 4.68 Å². The largest absolute Gasteiger partial charge is 0.386 e. The summed E-state index contributed by atoms with van der Waals surface area (Å²) in [6, 6.07) is 11.8. The monoisotopic (exact) mass is 286 g/mol. The average molecular weight is 286 g/mol. The number of nitrogens with zero attached hydrogens (tertiary/aromatic N) is 2. The minimum absolute atomic E-state index is 0.0455. The maximum absolute atomic E-state index is 10.9. The van der Waals surface area contributed by atoms with Crippen LogP contribution in [-0.4, -0.2) is 27.1 Å². The Kier molecular flexibility index (Phi) is 3.83. The molecule has 0 spiro atoms. The van der Waals surface area contributed by atoms with Crippen LogP contribution >= 0.6 is 0 Å². The lowest BCUT2D eigenvalue weighted by atomic mass is 9.83. The second-order valence-electron chi connectivity index (χ2n) is 5.93. The third-order valence-corrected chi connectivity index (χ3v) is 4.66. The van der Waals surface area contributed by atoms with E-state index < -0.39 is 6.10 Å². The van der Waals surface area contributed by atoms with E-state index in [0.29, 0.717) is 5.92 Å². The molecule has 5 atom stereocenters. The average Bonchev–Trinajstić information content (AvgIpc) is 3.05. The maximum Gasteiger partial charge on any atom is 0.102 e. The van der Waals surface area contributed by atoms with Crippen molar-refractivity contribution in [2.45, 2.75) is 39.1 Å². The number of aliphatic hydroxyl groups is 1. The molecule has 0 saturated carbocycles. The van der Waals surface area contributed by atoms with E-state index in [1.807, 2.05) is 48.0 Å². The maximum atomic E-state index is 10.9. The highest BCUT2D eigenvalue weighted by Crippen LogP contribution is 2.40. The number of hydrogen-bond acceptors (Lipinski definition) is 3. The van der Waals surface area contributed by atoms with Crippen molar-refractivity contribution in [3.63, 3.8) is 0 Å². The van der Waals surface area contributed by atoms with Crippen LogP contribution in [0.1, 0.15) is 32.6 Å². The van der Waals surface area contributed by atoms with Crippen molar-refractivity contribution < 1.29 is 9.84 Å². The molecule has 5 unspecified atom stereocenters. The van der Waals surface area contributed by atoms with Gasteiger partial charge in [-0.3, -0.25) is 0 Å². The first kappa shape index (κ1) is 14.3. The molecule has 4 heteroatoms. The quantitative estimate of drug-likeness (QED) is 0.943. The van der Waals surface area contributed by atoms with Gasteiger partial charge in [0.25, 0.3) is 0 Å². The van der Waals surface area contributed by atoms with Gasteiger partial charge in [0.2, 0.25) is 0 Å². The van der Waals surface area contributed by atoms with Gasteiger partial charge < -0.3 is 9.84 Å². The molecule has 3 rings (SSSR count). The fourth-order valence-electron chi connectivity index (χ4n) is 3.36. The first-order valence-electron chi connectivity index (χ1n) is 7.52. The minimum atomic E-state index is -0.581. The number of aromatic nitrogens is 2. The van der Waals surface area contributed by atoms with Crippen LogP contribution in [0.2, 0.25) is 0 Å². The van der Waals surface area contributed by atoms with E-state index in [0.717, 1.165) is 11.4 Å². The van der Waals surface area contributed by atoms with Crippen molar-refractivity contribution in [2.24, 2.45) is 11.8 Å².